The number of aromatic nitrogens is 1. The third-order valence-corrected chi connectivity index (χ3v) is 7.35. The Bertz CT molecular complexity index is 1380. The zero-order chi connectivity index (χ0) is 25.1. The summed E-state index contributed by atoms with van der Waals surface area (Å²) in [4.78, 5) is 23.1. The van der Waals surface area contributed by atoms with Crippen molar-refractivity contribution in [1.82, 2.24) is 14.8 Å². The molecule has 1 aliphatic heterocycles. The molecule has 0 atom stereocenters. The zero-order valence-electron chi connectivity index (χ0n) is 20.7. The van der Waals surface area contributed by atoms with Gasteiger partial charge in [-0.15, -0.1) is 0 Å². The lowest BCUT2D eigenvalue weighted by atomic mass is 10.0. The number of carbonyl (C=O) groups excluding carboxylic acids is 1. The zero-order valence-corrected chi connectivity index (χ0v) is 22.3. The van der Waals surface area contributed by atoms with Crippen LogP contribution in [-0.4, -0.2) is 54.0 Å². The van der Waals surface area contributed by atoms with E-state index in [2.05, 4.69) is 64.2 Å². The van der Waals surface area contributed by atoms with Gasteiger partial charge in [0.15, 0.2) is 0 Å². The van der Waals surface area contributed by atoms with Crippen LogP contribution in [0.1, 0.15) is 28.4 Å². The van der Waals surface area contributed by atoms with E-state index in [0.717, 1.165) is 58.4 Å². The molecule has 0 aliphatic carbocycles. The fourth-order valence-corrected chi connectivity index (χ4v) is 5.10. The van der Waals surface area contributed by atoms with Crippen molar-refractivity contribution in [3.63, 3.8) is 0 Å². The Hall–Kier alpha value is -3.22. The Labute approximate surface area is 220 Å². The van der Waals surface area contributed by atoms with Gasteiger partial charge in [-0.2, -0.15) is 0 Å². The number of amides is 1. The molecule has 0 unspecified atom stereocenters. The average Bonchev–Trinajstić information content (AvgIpc) is 2.92. The van der Waals surface area contributed by atoms with Crippen LogP contribution in [0.4, 0.5) is 0 Å². The number of rotatable bonds is 6. The Balaban J connectivity index is 1.38. The van der Waals surface area contributed by atoms with Gasteiger partial charge >= 0.3 is 0 Å². The smallest absolute Gasteiger partial charge is 0.254 e. The van der Waals surface area contributed by atoms with Crippen molar-refractivity contribution in [2.45, 2.75) is 19.9 Å². The van der Waals surface area contributed by atoms with Crippen LogP contribution < -0.4 is 4.74 Å². The molecule has 2 heterocycles. The summed E-state index contributed by atoms with van der Waals surface area (Å²) in [7, 11) is 1.69. The molecule has 1 aromatic heterocycles. The number of hydrogen-bond donors (Lipinski definition) is 0. The lowest BCUT2D eigenvalue weighted by Crippen LogP contribution is -2.48. The highest BCUT2D eigenvalue weighted by Gasteiger charge is 2.24. The predicted octanol–water partition coefficient (Wildman–Crippen LogP) is 6.19. The summed E-state index contributed by atoms with van der Waals surface area (Å²) >= 11 is 3.57. The molecule has 1 amide bonds. The van der Waals surface area contributed by atoms with Crippen LogP contribution in [-0.2, 0) is 13.0 Å². The van der Waals surface area contributed by atoms with E-state index in [-0.39, 0.29) is 5.91 Å². The minimum absolute atomic E-state index is 0.0629. The fourth-order valence-electron chi connectivity index (χ4n) is 4.74. The highest BCUT2D eigenvalue weighted by Crippen LogP contribution is 2.29. The SMILES string of the molecule is CCc1ccc(-c2cc(C(=O)N3CCN(Cc4cccc(OC)c4)CC3)c3cc(Br)ccc3n2)cc1. The first-order chi connectivity index (χ1) is 17.5. The first-order valence-electron chi connectivity index (χ1n) is 12.4. The molecular weight excluding hydrogens is 514 g/mol. The summed E-state index contributed by atoms with van der Waals surface area (Å²) in [6.07, 6.45) is 0.993. The lowest BCUT2D eigenvalue weighted by Gasteiger charge is -2.35. The van der Waals surface area contributed by atoms with E-state index < -0.39 is 0 Å². The summed E-state index contributed by atoms with van der Waals surface area (Å²) in [5.41, 5.74) is 5.89. The number of methoxy groups -OCH3 is 1. The van der Waals surface area contributed by atoms with Crippen LogP contribution in [0.25, 0.3) is 22.2 Å². The van der Waals surface area contributed by atoms with Crippen molar-refractivity contribution >= 4 is 32.7 Å². The Morgan fingerprint density at radius 2 is 1.72 bits per heavy atom. The second kappa shape index (κ2) is 10.8. The van der Waals surface area contributed by atoms with Crippen molar-refractivity contribution in [2.24, 2.45) is 0 Å². The molecule has 6 heteroatoms. The summed E-state index contributed by atoms with van der Waals surface area (Å²) < 4.78 is 6.30. The molecule has 0 N–H and O–H groups in total. The molecule has 1 saturated heterocycles. The maximum Gasteiger partial charge on any atom is 0.254 e. The number of hydrogen-bond acceptors (Lipinski definition) is 4. The van der Waals surface area contributed by atoms with E-state index in [1.54, 1.807) is 7.11 Å². The number of piperazine rings is 1. The van der Waals surface area contributed by atoms with Crippen molar-refractivity contribution < 1.29 is 9.53 Å². The van der Waals surface area contributed by atoms with E-state index in [1.165, 1.54) is 11.1 Å². The van der Waals surface area contributed by atoms with Gasteiger partial charge in [0, 0.05) is 48.1 Å². The number of carbonyl (C=O) groups is 1. The van der Waals surface area contributed by atoms with E-state index >= 15 is 0 Å². The van der Waals surface area contributed by atoms with Crippen molar-refractivity contribution in [1.29, 1.82) is 0 Å². The Kier molecular flexibility index (Phi) is 7.35. The topological polar surface area (TPSA) is 45.7 Å². The Morgan fingerprint density at radius 1 is 0.944 bits per heavy atom. The van der Waals surface area contributed by atoms with Crippen LogP contribution >= 0.6 is 15.9 Å². The van der Waals surface area contributed by atoms with Gasteiger partial charge < -0.3 is 9.64 Å². The van der Waals surface area contributed by atoms with Gasteiger partial charge in [0.05, 0.1) is 23.9 Å². The monoisotopic (exact) mass is 543 g/mol. The quantitative estimate of drug-likeness (QED) is 0.290. The highest BCUT2D eigenvalue weighted by atomic mass is 79.9. The summed E-state index contributed by atoms with van der Waals surface area (Å²) in [6, 6.07) is 24.5. The van der Waals surface area contributed by atoms with Gasteiger partial charge in [0.25, 0.3) is 5.91 Å². The number of ether oxygens (including phenoxy) is 1. The Morgan fingerprint density at radius 3 is 2.44 bits per heavy atom. The standard InChI is InChI=1S/C30H30BrN3O2/c1-3-21-7-9-23(10-8-21)29-19-27(26-18-24(31)11-12-28(26)32-29)30(35)34-15-13-33(14-16-34)20-22-5-4-6-25(17-22)36-2/h4-12,17-19H,3,13-16,20H2,1-2H3. The number of benzene rings is 3. The van der Waals surface area contributed by atoms with Gasteiger partial charge in [-0.1, -0.05) is 59.3 Å². The van der Waals surface area contributed by atoms with Crippen molar-refractivity contribution in [3.05, 3.63) is 94.0 Å². The maximum atomic E-state index is 13.8. The molecule has 0 bridgehead atoms. The van der Waals surface area contributed by atoms with Crippen LogP contribution in [0, 0.1) is 0 Å². The molecule has 5 nitrogen and oxygen atoms in total. The number of aryl methyl sites for hydroxylation is 1. The summed E-state index contributed by atoms with van der Waals surface area (Å²) in [6.45, 7) is 6.06. The van der Waals surface area contributed by atoms with Crippen molar-refractivity contribution in [3.8, 4) is 17.0 Å². The fraction of sp³-hybridized carbons (Fsp3) is 0.267. The molecule has 0 radical (unpaired) electrons. The molecule has 4 aromatic rings. The van der Waals surface area contributed by atoms with Gasteiger partial charge in [-0.3, -0.25) is 9.69 Å². The highest BCUT2D eigenvalue weighted by molar-refractivity contribution is 9.10. The van der Waals surface area contributed by atoms with E-state index in [9.17, 15) is 4.79 Å². The molecular formula is C30H30BrN3O2. The minimum Gasteiger partial charge on any atom is -0.497 e. The van der Waals surface area contributed by atoms with Crippen LogP contribution in [0.5, 0.6) is 5.75 Å². The number of pyridine rings is 1. The lowest BCUT2D eigenvalue weighted by molar-refractivity contribution is 0.0630. The first-order valence-corrected chi connectivity index (χ1v) is 13.2. The largest absolute Gasteiger partial charge is 0.497 e. The molecule has 5 rings (SSSR count). The second-order valence-electron chi connectivity index (χ2n) is 9.19. The van der Waals surface area contributed by atoms with E-state index in [4.69, 9.17) is 9.72 Å². The molecule has 1 aliphatic rings. The van der Waals surface area contributed by atoms with Gasteiger partial charge in [-0.25, -0.2) is 4.98 Å². The van der Waals surface area contributed by atoms with Crippen LogP contribution in [0.15, 0.2) is 77.3 Å². The van der Waals surface area contributed by atoms with Gasteiger partial charge in [0.1, 0.15) is 5.75 Å². The summed E-state index contributed by atoms with van der Waals surface area (Å²) in [5, 5.41) is 0.877. The third-order valence-electron chi connectivity index (χ3n) is 6.86. The van der Waals surface area contributed by atoms with Crippen LogP contribution in [0.3, 0.4) is 0 Å². The third kappa shape index (κ3) is 5.30. The minimum atomic E-state index is 0.0629. The predicted molar refractivity (Wildman–Crippen MR) is 148 cm³/mol. The maximum absolute atomic E-state index is 13.8. The molecule has 0 saturated carbocycles. The van der Waals surface area contributed by atoms with Gasteiger partial charge in [-0.05, 0) is 53.9 Å². The first kappa shape index (κ1) is 24.5. The number of halogens is 1. The second-order valence-corrected chi connectivity index (χ2v) is 10.1. The molecule has 1 fully saturated rings. The van der Waals surface area contributed by atoms with E-state index in [1.807, 2.05) is 41.3 Å². The molecule has 0 spiro atoms. The number of fused-ring (bicyclic) bond motifs is 1. The molecule has 36 heavy (non-hydrogen) atoms. The van der Waals surface area contributed by atoms with Crippen molar-refractivity contribution in [2.75, 3.05) is 33.3 Å². The van der Waals surface area contributed by atoms with E-state index in [0.29, 0.717) is 18.7 Å². The molecule has 184 valence electrons. The van der Waals surface area contributed by atoms with Gasteiger partial charge in [0.2, 0.25) is 0 Å². The molecule has 3 aromatic carbocycles. The number of nitrogens with zero attached hydrogens (tertiary/aromatic N) is 3. The normalized spacial score (nSPS) is 14.2. The van der Waals surface area contributed by atoms with Crippen LogP contribution in [0.2, 0.25) is 0 Å². The summed E-state index contributed by atoms with van der Waals surface area (Å²) in [5.74, 6) is 0.935. The average molecular weight is 544 g/mol.